The first-order valence-electron chi connectivity index (χ1n) is 12.5. The molecule has 0 N–H and O–H groups in total. The highest BCUT2D eigenvalue weighted by atomic mass is 15.2. The predicted octanol–water partition coefficient (Wildman–Crippen LogP) is 9.94. The summed E-state index contributed by atoms with van der Waals surface area (Å²) in [5.41, 5.74) is 9.11. The van der Waals surface area contributed by atoms with Gasteiger partial charge in [-0.15, -0.1) is 0 Å². The maximum Gasteiger partial charge on any atom is 0.0540 e. The molecule has 1 heteroatoms. The zero-order valence-electron chi connectivity index (χ0n) is 20.7. The third-order valence-electron chi connectivity index (χ3n) is 6.27. The van der Waals surface area contributed by atoms with Crippen LogP contribution in [0, 0.1) is 0 Å². The van der Waals surface area contributed by atoms with Crippen molar-refractivity contribution >= 4 is 17.1 Å². The lowest BCUT2D eigenvalue weighted by atomic mass is 9.97. The largest absolute Gasteiger partial charge is 0.309 e. The number of allylic oxidation sites excluding steroid dienone is 4. The quantitative estimate of drug-likeness (QED) is 0.202. The van der Waals surface area contributed by atoms with E-state index in [1.54, 1.807) is 6.08 Å². The first kappa shape index (κ1) is 23.8. The zero-order chi connectivity index (χ0) is 25.3. The number of hydrogen-bond donors (Lipinski definition) is 0. The van der Waals surface area contributed by atoms with Gasteiger partial charge >= 0.3 is 0 Å². The van der Waals surface area contributed by atoms with E-state index in [0.717, 1.165) is 22.6 Å². The van der Waals surface area contributed by atoms with E-state index in [1.165, 1.54) is 22.3 Å². The third kappa shape index (κ3) is 5.37. The van der Waals surface area contributed by atoms with Crippen LogP contribution in [0.1, 0.15) is 5.56 Å². The van der Waals surface area contributed by atoms with Crippen molar-refractivity contribution < 1.29 is 0 Å². The summed E-state index contributed by atoms with van der Waals surface area (Å²) < 4.78 is 0. The second-order valence-electron chi connectivity index (χ2n) is 8.64. The summed E-state index contributed by atoms with van der Waals surface area (Å²) in [6.07, 6.45) is 7.99. The Morgan fingerprint density at radius 3 is 1.41 bits per heavy atom. The molecule has 1 nitrogen and oxygen atoms in total. The molecule has 0 aliphatic heterocycles. The van der Waals surface area contributed by atoms with Crippen molar-refractivity contribution in [3.63, 3.8) is 0 Å². The second kappa shape index (κ2) is 11.7. The van der Waals surface area contributed by atoms with Crippen LogP contribution in [0.15, 0.2) is 170 Å². The molecule has 0 aliphatic rings. The Labute approximate surface area is 220 Å². The Balaban J connectivity index is 1.83. The summed E-state index contributed by atoms with van der Waals surface area (Å²) in [5, 5.41) is 0. The van der Waals surface area contributed by atoms with Crippen molar-refractivity contribution in [3.05, 3.63) is 176 Å². The van der Waals surface area contributed by atoms with E-state index in [1.807, 2.05) is 6.08 Å². The van der Waals surface area contributed by atoms with Crippen LogP contribution >= 0.6 is 0 Å². The van der Waals surface area contributed by atoms with E-state index < -0.39 is 0 Å². The van der Waals surface area contributed by atoms with Crippen molar-refractivity contribution in [1.82, 2.24) is 0 Å². The molecule has 0 amide bonds. The summed E-state index contributed by atoms with van der Waals surface area (Å²) >= 11 is 0. The summed E-state index contributed by atoms with van der Waals surface area (Å²) in [7, 11) is 0. The van der Waals surface area contributed by atoms with Crippen molar-refractivity contribution in [1.29, 1.82) is 0 Å². The minimum absolute atomic E-state index is 1.07. The molecule has 0 saturated carbocycles. The molecule has 0 saturated heterocycles. The molecule has 0 aliphatic carbocycles. The number of nitrogens with zero attached hydrogens (tertiary/aromatic N) is 1. The Morgan fingerprint density at radius 1 is 0.486 bits per heavy atom. The Bertz CT molecular complexity index is 1430. The molecule has 0 spiro atoms. The lowest BCUT2D eigenvalue weighted by Crippen LogP contribution is -2.17. The van der Waals surface area contributed by atoms with Crippen LogP contribution in [-0.2, 0) is 0 Å². The molecule has 5 aromatic rings. The highest BCUT2D eigenvalue weighted by Gasteiger charge is 2.22. The molecule has 0 atom stereocenters. The van der Waals surface area contributed by atoms with Crippen LogP contribution in [0.25, 0.3) is 28.0 Å². The van der Waals surface area contributed by atoms with Gasteiger partial charge in [-0.1, -0.05) is 152 Å². The van der Waals surface area contributed by atoms with Gasteiger partial charge < -0.3 is 4.90 Å². The minimum atomic E-state index is 1.07. The Morgan fingerprint density at radius 2 is 0.919 bits per heavy atom. The number of hydrogen-bond acceptors (Lipinski definition) is 1. The molecule has 0 unspecified atom stereocenters. The van der Waals surface area contributed by atoms with E-state index in [4.69, 9.17) is 0 Å². The molecule has 5 aromatic carbocycles. The fraction of sp³-hybridized carbons (Fsp3) is 0. The van der Waals surface area contributed by atoms with Crippen molar-refractivity contribution in [3.8, 4) is 22.3 Å². The van der Waals surface area contributed by atoms with Crippen LogP contribution in [0.5, 0.6) is 0 Å². The Kier molecular flexibility index (Phi) is 7.54. The molecule has 0 heterocycles. The molecule has 0 fully saturated rings. The monoisotopic (exact) mass is 475 g/mol. The molecular weight excluding hydrogens is 446 g/mol. The average Bonchev–Trinajstić information content (AvgIpc) is 2.98. The smallest absolute Gasteiger partial charge is 0.0540 e. The minimum Gasteiger partial charge on any atom is -0.309 e. The highest BCUT2D eigenvalue weighted by Crippen LogP contribution is 2.44. The summed E-state index contributed by atoms with van der Waals surface area (Å²) in [6, 6.07) is 49.0. The van der Waals surface area contributed by atoms with Gasteiger partial charge in [0.2, 0.25) is 0 Å². The van der Waals surface area contributed by atoms with Gasteiger partial charge in [-0.05, 0) is 34.9 Å². The molecule has 0 bridgehead atoms. The van der Waals surface area contributed by atoms with Gasteiger partial charge in [0.1, 0.15) is 0 Å². The van der Waals surface area contributed by atoms with Crippen molar-refractivity contribution in [2.24, 2.45) is 0 Å². The van der Waals surface area contributed by atoms with Gasteiger partial charge in [-0.25, -0.2) is 0 Å². The van der Waals surface area contributed by atoms with Crippen molar-refractivity contribution in [2.45, 2.75) is 0 Å². The van der Waals surface area contributed by atoms with E-state index in [9.17, 15) is 0 Å². The second-order valence-corrected chi connectivity index (χ2v) is 8.64. The lowest BCUT2D eigenvalue weighted by molar-refractivity contribution is 1.29. The van der Waals surface area contributed by atoms with E-state index in [2.05, 4.69) is 163 Å². The van der Waals surface area contributed by atoms with Gasteiger partial charge in [-0.2, -0.15) is 0 Å². The summed E-state index contributed by atoms with van der Waals surface area (Å²) in [5.74, 6) is 0. The zero-order valence-corrected chi connectivity index (χ0v) is 20.7. The van der Waals surface area contributed by atoms with E-state index >= 15 is 0 Å². The molecule has 0 radical (unpaired) electrons. The summed E-state index contributed by atoms with van der Waals surface area (Å²) in [6.45, 7) is 3.87. The third-order valence-corrected chi connectivity index (χ3v) is 6.27. The number of para-hydroxylation sites is 2. The van der Waals surface area contributed by atoms with Crippen LogP contribution in [0.4, 0.5) is 11.4 Å². The lowest BCUT2D eigenvalue weighted by Gasteiger charge is -2.32. The maximum atomic E-state index is 3.87. The fourth-order valence-corrected chi connectivity index (χ4v) is 4.58. The van der Waals surface area contributed by atoms with Gasteiger partial charge in [0.15, 0.2) is 0 Å². The van der Waals surface area contributed by atoms with E-state index in [0.29, 0.717) is 0 Å². The predicted molar refractivity (Wildman–Crippen MR) is 160 cm³/mol. The molecule has 0 aromatic heterocycles. The van der Waals surface area contributed by atoms with Gasteiger partial charge in [0.05, 0.1) is 17.1 Å². The SMILES string of the molecule is C=C/C=C\C=C(/c1ccccc1)N(c1ccccc1-c1ccccc1)c1ccccc1-c1ccccc1. The van der Waals surface area contributed by atoms with Gasteiger partial charge in [0.25, 0.3) is 0 Å². The maximum absolute atomic E-state index is 3.87. The van der Waals surface area contributed by atoms with Crippen molar-refractivity contribution in [2.75, 3.05) is 4.90 Å². The number of rotatable bonds is 8. The highest BCUT2D eigenvalue weighted by molar-refractivity contribution is 5.98. The normalized spacial score (nSPS) is 11.4. The topological polar surface area (TPSA) is 3.24 Å². The standard InChI is InChI=1S/C36H29N/c1-2-3-7-26-34(31-22-12-6-13-23-31)37(35-27-16-14-24-32(35)29-18-8-4-9-19-29)36-28-17-15-25-33(36)30-20-10-5-11-21-30/h2-28H,1H2/b7-3-,34-26+. The first-order valence-corrected chi connectivity index (χ1v) is 12.5. The van der Waals surface area contributed by atoms with Crippen LogP contribution in [0.3, 0.4) is 0 Å². The number of anilines is 2. The number of benzene rings is 5. The van der Waals surface area contributed by atoms with E-state index in [-0.39, 0.29) is 0 Å². The van der Waals surface area contributed by atoms with Crippen LogP contribution in [-0.4, -0.2) is 0 Å². The van der Waals surface area contributed by atoms with Crippen LogP contribution < -0.4 is 4.90 Å². The van der Waals surface area contributed by atoms with Gasteiger partial charge in [0, 0.05) is 11.1 Å². The summed E-state index contributed by atoms with van der Waals surface area (Å²) in [4.78, 5) is 2.38. The Hall–Kier alpha value is -4.88. The first-order chi connectivity index (χ1) is 18.4. The molecule has 5 rings (SSSR count). The van der Waals surface area contributed by atoms with Crippen LogP contribution in [0.2, 0.25) is 0 Å². The van der Waals surface area contributed by atoms with Gasteiger partial charge in [-0.3, -0.25) is 0 Å². The fourth-order valence-electron chi connectivity index (χ4n) is 4.58. The average molecular weight is 476 g/mol. The molecule has 37 heavy (non-hydrogen) atoms. The molecular formula is C36H29N. The molecule has 178 valence electrons.